The molecule has 146 valence electrons. The number of aryl methyl sites for hydroxylation is 1. The lowest BCUT2D eigenvalue weighted by Crippen LogP contribution is -2.36. The summed E-state index contributed by atoms with van der Waals surface area (Å²) in [6.45, 7) is 2.14. The molecule has 0 saturated carbocycles. The Balaban J connectivity index is 1.75. The van der Waals surface area contributed by atoms with Crippen molar-refractivity contribution in [3.63, 3.8) is 0 Å². The summed E-state index contributed by atoms with van der Waals surface area (Å²) in [4.78, 5) is 27.3. The SMILES string of the molecule is CC1CS(=O)(=O)N(c2cc(C(=O)N3CCCc4ccccc43)ccc2Cl)C1=O. The van der Waals surface area contributed by atoms with Crippen molar-refractivity contribution in [2.24, 2.45) is 5.92 Å². The van der Waals surface area contributed by atoms with Crippen LogP contribution in [0, 0.1) is 5.92 Å². The average Bonchev–Trinajstić information content (AvgIpc) is 2.88. The van der Waals surface area contributed by atoms with Crippen LogP contribution in [0.25, 0.3) is 0 Å². The third-order valence-corrected chi connectivity index (χ3v) is 7.30. The van der Waals surface area contributed by atoms with Gasteiger partial charge in [0.1, 0.15) is 0 Å². The zero-order valence-corrected chi connectivity index (χ0v) is 16.8. The fraction of sp³-hybridized carbons (Fsp3) is 0.300. The van der Waals surface area contributed by atoms with Gasteiger partial charge in [0.15, 0.2) is 0 Å². The number of hydrogen-bond donors (Lipinski definition) is 0. The summed E-state index contributed by atoms with van der Waals surface area (Å²) in [5.41, 5.74) is 2.28. The maximum atomic E-state index is 13.2. The van der Waals surface area contributed by atoms with Crippen LogP contribution in [0.2, 0.25) is 5.02 Å². The Hall–Kier alpha value is -2.38. The average molecular weight is 419 g/mol. The predicted octanol–water partition coefficient (Wildman–Crippen LogP) is 3.25. The van der Waals surface area contributed by atoms with Crippen molar-refractivity contribution >= 4 is 44.8 Å². The Labute approximate surface area is 168 Å². The highest BCUT2D eigenvalue weighted by Gasteiger charge is 2.43. The van der Waals surface area contributed by atoms with E-state index in [-0.39, 0.29) is 22.4 Å². The van der Waals surface area contributed by atoms with Crippen molar-refractivity contribution in [2.45, 2.75) is 19.8 Å². The van der Waals surface area contributed by atoms with Gasteiger partial charge in [-0.3, -0.25) is 9.59 Å². The van der Waals surface area contributed by atoms with Crippen LogP contribution >= 0.6 is 11.6 Å². The Morgan fingerprint density at radius 2 is 1.89 bits per heavy atom. The Morgan fingerprint density at radius 3 is 2.61 bits per heavy atom. The molecular formula is C20H19ClN2O4S. The zero-order valence-electron chi connectivity index (χ0n) is 15.3. The van der Waals surface area contributed by atoms with Crippen LogP contribution in [-0.4, -0.2) is 32.5 Å². The lowest BCUT2D eigenvalue weighted by molar-refractivity contribution is -0.119. The molecule has 8 heteroatoms. The van der Waals surface area contributed by atoms with E-state index in [0.29, 0.717) is 12.1 Å². The molecule has 0 radical (unpaired) electrons. The number of para-hydroxylation sites is 1. The fourth-order valence-corrected chi connectivity index (χ4v) is 5.85. The van der Waals surface area contributed by atoms with Gasteiger partial charge in [-0.1, -0.05) is 36.7 Å². The van der Waals surface area contributed by atoms with Crippen LogP contribution in [0.1, 0.15) is 29.3 Å². The molecule has 0 spiro atoms. The molecule has 1 saturated heterocycles. The van der Waals surface area contributed by atoms with Crippen molar-refractivity contribution in [1.29, 1.82) is 0 Å². The zero-order chi connectivity index (χ0) is 20.1. The van der Waals surface area contributed by atoms with Crippen LogP contribution in [0.5, 0.6) is 0 Å². The van der Waals surface area contributed by atoms with E-state index in [1.165, 1.54) is 12.1 Å². The van der Waals surface area contributed by atoms with Crippen molar-refractivity contribution in [2.75, 3.05) is 21.5 Å². The highest BCUT2D eigenvalue weighted by Crippen LogP contribution is 2.35. The largest absolute Gasteiger partial charge is 0.308 e. The van der Waals surface area contributed by atoms with Gasteiger partial charge in [-0.05, 0) is 42.7 Å². The molecule has 2 aromatic carbocycles. The molecule has 1 unspecified atom stereocenters. The number of hydrogen-bond acceptors (Lipinski definition) is 4. The summed E-state index contributed by atoms with van der Waals surface area (Å²) in [5.74, 6) is -1.69. The summed E-state index contributed by atoms with van der Waals surface area (Å²) in [5, 5.41) is 0.113. The quantitative estimate of drug-likeness (QED) is 0.750. The van der Waals surface area contributed by atoms with E-state index in [2.05, 4.69) is 0 Å². The molecule has 2 heterocycles. The monoisotopic (exact) mass is 418 g/mol. The van der Waals surface area contributed by atoms with Crippen LogP contribution < -0.4 is 9.21 Å². The number of carbonyl (C=O) groups excluding carboxylic acids is 2. The number of nitrogens with zero attached hydrogens (tertiary/aromatic N) is 2. The van der Waals surface area contributed by atoms with Gasteiger partial charge in [0.25, 0.3) is 5.91 Å². The highest BCUT2D eigenvalue weighted by molar-refractivity contribution is 7.94. The molecule has 0 bridgehead atoms. The molecular weight excluding hydrogens is 400 g/mol. The van der Waals surface area contributed by atoms with Gasteiger partial charge in [-0.25, -0.2) is 12.7 Å². The van der Waals surface area contributed by atoms with Crippen LogP contribution in [0.3, 0.4) is 0 Å². The minimum absolute atomic E-state index is 0.0344. The maximum absolute atomic E-state index is 13.2. The molecule has 0 aromatic heterocycles. The molecule has 6 nitrogen and oxygen atoms in total. The molecule has 0 aliphatic carbocycles. The second-order valence-electron chi connectivity index (χ2n) is 7.14. The van der Waals surface area contributed by atoms with E-state index in [1.807, 2.05) is 24.3 Å². The third kappa shape index (κ3) is 3.08. The number of rotatable bonds is 2. The number of fused-ring (bicyclic) bond motifs is 1. The summed E-state index contributed by atoms with van der Waals surface area (Å²) in [7, 11) is -3.80. The smallest absolute Gasteiger partial charge is 0.258 e. The third-order valence-electron chi connectivity index (χ3n) is 5.13. The normalized spacial score (nSPS) is 20.9. The van der Waals surface area contributed by atoms with Crippen LogP contribution in [0.15, 0.2) is 42.5 Å². The van der Waals surface area contributed by atoms with E-state index in [1.54, 1.807) is 17.9 Å². The van der Waals surface area contributed by atoms with Gasteiger partial charge in [0, 0.05) is 17.8 Å². The molecule has 2 aliphatic heterocycles. The predicted molar refractivity (Wildman–Crippen MR) is 108 cm³/mol. The Bertz CT molecular complexity index is 1080. The van der Waals surface area contributed by atoms with Gasteiger partial charge in [0.2, 0.25) is 15.9 Å². The topological polar surface area (TPSA) is 74.8 Å². The second-order valence-corrected chi connectivity index (χ2v) is 9.41. The Kier molecular flexibility index (Phi) is 4.67. The first kappa shape index (κ1) is 19.0. The minimum atomic E-state index is -3.80. The molecule has 2 aliphatic rings. The van der Waals surface area contributed by atoms with E-state index < -0.39 is 21.8 Å². The summed E-state index contributed by atoms with van der Waals surface area (Å²) >= 11 is 6.20. The summed E-state index contributed by atoms with van der Waals surface area (Å²) < 4.78 is 25.6. The van der Waals surface area contributed by atoms with Crippen LogP contribution in [-0.2, 0) is 21.2 Å². The number of sulfonamides is 1. The van der Waals surface area contributed by atoms with Crippen molar-refractivity contribution in [3.8, 4) is 0 Å². The molecule has 1 atom stereocenters. The molecule has 2 aromatic rings. The second kappa shape index (κ2) is 6.90. The van der Waals surface area contributed by atoms with Crippen molar-refractivity contribution in [3.05, 3.63) is 58.6 Å². The molecule has 4 rings (SSSR count). The fourth-order valence-electron chi connectivity index (χ4n) is 3.77. The van der Waals surface area contributed by atoms with Crippen LogP contribution in [0.4, 0.5) is 11.4 Å². The van der Waals surface area contributed by atoms with Crippen molar-refractivity contribution < 1.29 is 18.0 Å². The van der Waals surface area contributed by atoms with Gasteiger partial charge >= 0.3 is 0 Å². The minimum Gasteiger partial charge on any atom is -0.308 e. The van der Waals surface area contributed by atoms with Gasteiger partial charge in [-0.2, -0.15) is 0 Å². The molecule has 1 fully saturated rings. The first-order valence-corrected chi connectivity index (χ1v) is 11.0. The van der Waals surface area contributed by atoms with Gasteiger partial charge in [-0.15, -0.1) is 0 Å². The van der Waals surface area contributed by atoms with E-state index in [4.69, 9.17) is 11.6 Å². The van der Waals surface area contributed by atoms with E-state index in [9.17, 15) is 18.0 Å². The lowest BCUT2D eigenvalue weighted by Gasteiger charge is -2.30. The number of carbonyl (C=O) groups is 2. The number of benzene rings is 2. The number of anilines is 2. The lowest BCUT2D eigenvalue weighted by atomic mass is 10.0. The van der Waals surface area contributed by atoms with Gasteiger partial charge < -0.3 is 4.90 Å². The first-order chi connectivity index (χ1) is 13.3. The molecule has 28 heavy (non-hydrogen) atoms. The molecule has 0 N–H and O–H groups in total. The molecule has 2 amide bonds. The summed E-state index contributed by atoms with van der Waals surface area (Å²) in [6, 6.07) is 12.1. The number of halogens is 1. The van der Waals surface area contributed by atoms with Crippen molar-refractivity contribution in [1.82, 2.24) is 0 Å². The standard InChI is InChI=1S/C20H19ClN2O4S/c1-13-12-28(26,27)23(19(13)24)18-11-15(8-9-16(18)21)20(25)22-10-4-6-14-5-2-3-7-17(14)22/h2-3,5,7-9,11,13H,4,6,10,12H2,1H3. The van der Waals surface area contributed by atoms with Gasteiger partial charge in [0.05, 0.1) is 22.4 Å². The van der Waals surface area contributed by atoms with E-state index in [0.717, 1.165) is 28.4 Å². The number of amides is 2. The Morgan fingerprint density at radius 1 is 1.14 bits per heavy atom. The van der Waals surface area contributed by atoms with E-state index >= 15 is 0 Å². The maximum Gasteiger partial charge on any atom is 0.258 e. The highest BCUT2D eigenvalue weighted by atomic mass is 35.5. The summed E-state index contributed by atoms with van der Waals surface area (Å²) in [6.07, 6.45) is 1.75. The first-order valence-electron chi connectivity index (χ1n) is 9.06.